The van der Waals surface area contributed by atoms with Gasteiger partial charge in [-0.3, -0.25) is 9.59 Å². The van der Waals surface area contributed by atoms with E-state index in [4.69, 9.17) is 4.74 Å². The van der Waals surface area contributed by atoms with Gasteiger partial charge in [-0.25, -0.2) is 0 Å². The molecule has 0 aromatic heterocycles. The largest absolute Gasteiger partial charge is 0.493 e. The molecule has 0 fully saturated rings. The Morgan fingerprint density at radius 3 is 2.53 bits per heavy atom. The van der Waals surface area contributed by atoms with E-state index in [0.29, 0.717) is 24.4 Å². The van der Waals surface area contributed by atoms with Crippen LogP contribution >= 0.6 is 0 Å². The molecule has 0 unspecified atom stereocenters. The number of ketones is 2. The van der Waals surface area contributed by atoms with Crippen LogP contribution in [0.5, 0.6) is 0 Å². The monoisotopic (exact) mass is 208 g/mol. The van der Waals surface area contributed by atoms with Gasteiger partial charge in [0.2, 0.25) is 11.6 Å². The van der Waals surface area contributed by atoms with Crippen LogP contribution in [0.2, 0.25) is 0 Å². The minimum atomic E-state index is -0.440. The van der Waals surface area contributed by atoms with Crippen molar-refractivity contribution in [2.75, 3.05) is 6.61 Å². The number of allylic oxidation sites excluding steroid dienone is 3. The second-order valence-corrected chi connectivity index (χ2v) is 3.41. The van der Waals surface area contributed by atoms with Gasteiger partial charge in [0, 0.05) is 5.57 Å². The number of rotatable bonds is 5. The molecule has 0 saturated carbocycles. The SMILES string of the molecule is CCCCC1=C(OCC)C=CC(=O)C1=O. The quantitative estimate of drug-likeness (QED) is 0.513. The standard InChI is InChI=1S/C12H16O3/c1-3-5-6-9-11(15-4-2)8-7-10(13)12(9)14/h7-8H,3-6H2,1-2H3. The van der Waals surface area contributed by atoms with Crippen LogP contribution in [0.1, 0.15) is 33.1 Å². The van der Waals surface area contributed by atoms with Crippen LogP contribution in [0.4, 0.5) is 0 Å². The molecule has 0 N–H and O–H groups in total. The first kappa shape index (κ1) is 11.7. The van der Waals surface area contributed by atoms with Gasteiger partial charge in [-0.1, -0.05) is 13.3 Å². The summed E-state index contributed by atoms with van der Waals surface area (Å²) in [7, 11) is 0. The second kappa shape index (κ2) is 5.49. The lowest BCUT2D eigenvalue weighted by Crippen LogP contribution is -2.19. The van der Waals surface area contributed by atoms with Crippen molar-refractivity contribution in [3.63, 3.8) is 0 Å². The maximum atomic E-state index is 11.6. The molecule has 0 aliphatic heterocycles. The fourth-order valence-electron chi connectivity index (χ4n) is 1.47. The van der Waals surface area contributed by atoms with Crippen LogP contribution < -0.4 is 0 Å². The number of carbonyl (C=O) groups excluding carboxylic acids is 2. The molecule has 0 saturated heterocycles. The summed E-state index contributed by atoms with van der Waals surface area (Å²) in [6, 6.07) is 0. The van der Waals surface area contributed by atoms with Crippen LogP contribution in [0.25, 0.3) is 0 Å². The Morgan fingerprint density at radius 2 is 1.93 bits per heavy atom. The van der Waals surface area contributed by atoms with E-state index in [1.165, 1.54) is 6.08 Å². The fraction of sp³-hybridized carbons (Fsp3) is 0.500. The smallest absolute Gasteiger partial charge is 0.232 e. The topological polar surface area (TPSA) is 43.4 Å². The van der Waals surface area contributed by atoms with E-state index in [-0.39, 0.29) is 0 Å². The normalized spacial score (nSPS) is 16.1. The third kappa shape index (κ3) is 2.78. The van der Waals surface area contributed by atoms with Gasteiger partial charge in [0.15, 0.2) is 0 Å². The highest BCUT2D eigenvalue weighted by atomic mass is 16.5. The molecule has 3 nitrogen and oxygen atoms in total. The Morgan fingerprint density at radius 1 is 1.20 bits per heavy atom. The van der Waals surface area contributed by atoms with Crippen LogP contribution in [0.15, 0.2) is 23.5 Å². The highest BCUT2D eigenvalue weighted by Gasteiger charge is 2.23. The minimum Gasteiger partial charge on any atom is -0.493 e. The van der Waals surface area contributed by atoms with Gasteiger partial charge in [-0.05, 0) is 31.9 Å². The van der Waals surface area contributed by atoms with E-state index < -0.39 is 11.6 Å². The maximum Gasteiger partial charge on any atom is 0.232 e. The van der Waals surface area contributed by atoms with E-state index in [9.17, 15) is 9.59 Å². The average Bonchev–Trinajstić information content (AvgIpc) is 2.23. The highest BCUT2D eigenvalue weighted by Crippen LogP contribution is 2.20. The third-order valence-electron chi connectivity index (χ3n) is 2.26. The molecule has 0 radical (unpaired) electrons. The molecule has 15 heavy (non-hydrogen) atoms. The Bertz CT molecular complexity index is 324. The van der Waals surface area contributed by atoms with Crippen LogP contribution in [0.3, 0.4) is 0 Å². The molecular formula is C12H16O3. The summed E-state index contributed by atoms with van der Waals surface area (Å²) >= 11 is 0. The number of ether oxygens (including phenoxy) is 1. The molecule has 82 valence electrons. The zero-order valence-corrected chi connectivity index (χ0v) is 9.21. The number of Topliss-reactive ketones (excluding diaryl/α,β-unsaturated/α-hetero) is 1. The molecule has 3 heteroatoms. The van der Waals surface area contributed by atoms with E-state index in [2.05, 4.69) is 0 Å². The lowest BCUT2D eigenvalue weighted by molar-refractivity contribution is -0.132. The van der Waals surface area contributed by atoms with Gasteiger partial charge >= 0.3 is 0 Å². The van der Waals surface area contributed by atoms with Gasteiger partial charge < -0.3 is 4.74 Å². The molecular weight excluding hydrogens is 192 g/mol. The van der Waals surface area contributed by atoms with Crippen LogP contribution in [0, 0.1) is 0 Å². The van der Waals surface area contributed by atoms with Crippen LogP contribution in [-0.4, -0.2) is 18.2 Å². The predicted molar refractivity (Wildman–Crippen MR) is 57.3 cm³/mol. The number of carbonyl (C=O) groups is 2. The van der Waals surface area contributed by atoms with Crippen molar-refractivity contribution in [1.29, 1.82) is 0 Å². The molecule has 0 amide bonds. The van der Waals surface area contributed by atoms with Crippen molar-refractivity contribution in [2.45, 2.75) is 33.1 Å². The molecule has 0 aromatic rings. The third-order valence-corrected chi connectivity index (χ3v) is 2.26. The first-order valence-corrected chi connectivity index (χ1v) is 5.33. The summed E-state index contributed by atoms with van der Waals surface area (Å²) in [5.41, 5.74) is 0.534. The molecule has 0 atom stereocenters. The van der Waals surface area contributed by atoms with Gasteiger partial charge in [0.1, 0.15) is 5.76 Å². The first-order valence-electron chi connectivity index (χ1n) is 5.33. The molecule has 1 rings (SSSR count). The Labute approximate surface area is 89.8 Å². The fourth-order valence-corrected chi connectivity index (χ4v) is 1.47. The molecule has 0 spiro atoms. The van der Waals surface area contributed by atoms with Crippen molar-refractivity contribution in [2.24, 2.45) is 0 Å². The predicted octanol–water partition coefficient (Wildman–Crippen LogP) is 2.18. The Kier molecular flexibility index (Phi) is 4.28. The summed E-state index contributed by atoms with van der Waals surface area (Å²) in [6.07, 6.45) is 5.40. The highest BCUT2D eigenvalue weighted by molar-refractivity contribution is 6.48. The zero-order chi connectivity index (χ0) is 11.3. The van der Waals surface area contributed by atoms with E-state index >= 15 is 0 Å². The summed E-state index contributed by atoms with van der Waals surface area (Å²) in [5, 5.41) is 0. The Hall–Kier alpha value is -1.38. The molecule has 0 bridgehead atoms. The molecule has 1 aliphatic carbocycles. The van der Waals surface area contributed by atoms with Crippen molar-refractivity contribution in [3.8, 4) is 0 Å². The van der Waals surface area contributed by atoms with Gasteiger partial charge in [-0.15, -0.1) is 0 Å². The first-order chi connectivity index (χ1) is 7.20. The van der Waals surface area contributed by atoms with Gasteiger partial charge in [-0.2, -0.15) is 0 Å². The van der Waals surface area contributed by atoms with E-state index in [1.54, 1.807) is 6.08 Å². The number of unbranched alkanes of at least 4 members (excludes halogenated alkanes) is 1. The molecule has 0 aromatic carbocycles. The lowest BCUT2D eigenvalue weighted by Gasteiger charge is -2.14. The molecule has 0 heterocycles. The second-order valence-electron chi connectivity index (χ2n) is 3.41. The van der Waals surface area contributed by atoms with Crippen molar-refractivity contribution in [3.05, 3.63) is 23.5 Å². The van der Waals surface area contributed by atoms with Crippen LogP contribution in [-0.2, 0) is 14.3 Å². The van der Waals surface area contributed by atoms with Crippen molar-refractivity contribution < 1.29 is 14.3 Å². The summed E-state index contributed by atoms with van der Waals surface area (Å²) in [6.45, 7) is 4.42. The summed E-state index contributed by atoms with van der Waals surface area (Å²) < 4.78 is 5.33. The average molecular weight is 208 g/mol. The lowest BCUT2D eigenvalue weighted by atomic mass is 9.96. The van der Waals surface area contributed by atoms with Gasteiger partial charge in [0.25, 0.3) is 0 Å². The summed E-state index contributed by atoms with van der Waals surface area (Å²) in [5.74, 6) is -0.283. The maximum absolute atomic E-state index is 11.6. The van der Waals surface area contributed by atoms with E-state index in [1.807, 2.05) is 13.8 Å². The zero-order valence-electron chi connectivity index (χ0n) is 9.21. The van der Waals surface area contributed by atoms with Gasteiger partial charge in [0.05, 0.1) is 6.61 Å². The summed E-state index contributed by atoms with van der Waals surface area (Å²) in [4.78, 5) is 22.8. The number of hydrogen-bond acceptors (Lipinski definition) is 3. The number of hydrogen-bond donors (Lipinski definition) is 0. The Balaban J connectivity index is 2.89. The molecule has 1 aliphatic rings. The van der Waals surface area contributed by atoms with E-state index in [0.717, 1.165) is 12.8 Å². The minimum absolute atomic E-state index is 0.408. The van der Waals surface area contributed by atoms with Crippen molar-refractivity contribution >= 4 is 11.6 Å². The van der Waals surface area contributed by atoms with Crippen molar-refractivity contribution in [1.82, 2.24) is 0 Å².